The first kappa shape index (κ1) is 13.9. The van der Waals surface area contributed by atoms with Crippen molar-refractivity contribution in [2.45, 2.75) is 32.0 Å². The topological polar surface area (TPSA) is 56.5 Å². The van der Waals surface area contributed by atoms with Gasteiger partial charge < -0.3 is 19.1 Å². The quantitative estimate of drug-likeness (QED) is 0.935. The Morgan fingerprint density at radius 3 is 3.00 bits per heavy atom. The number of hydrogen-bond acceptors (Lipinski definition) is 4. The number of hydrogen-bond donors (Lipinski definition) is 1. The molecule has 1 N–H and O–H groups in total. The summed E-state index contributed by atoms with van der Waals surface area (Å²) >= 11 is 0. The maximum absolute atomic E-state index is 10.5. The van der Waals surface area contributed by atoms with E-state index < -0.39 is 6.10 Å². The van der Waals surface area contributed by atoms with E-state index in [1.165, 1.54) is 0 Å². The van der Waals surface area contributed by atoms with E-state index in [0.717, 1.165) is 29.1 Å². The van der Waals surface area contributed by atoms with Crippen LogP contribution in [0.4, 0.5) is 0 Å². The van der Waals surface area contributed by atoms with Gasteiger partial charge in [0.1, 0.15) is 23.4 Å². The molecule has 0 spiro atoms. The molecule has 1 aromatic heterocycles. The van der Waals surface area contributed by atoms with E-state index >= 15 is 0 Å². The molecule has 0 aliphatic carbocycles. The van der Waals surface area contributed by atoms with Crippen molar-refractivity contribution in [2.24, 2.45) is 7.05 Å². The fourth-order valence-corrected chi connectivity index (χ4v) is 2.77. The van der Waals surface area contributed by atoms with Crippen LogP contribution in [-0.4, -0.2) is 27.9 Å². The molecule has 0 fully saturated rings. The molecule has 1 aliphatic rings. The minimum atomic E-state index is -0.675. The Balaban J connectivity index is 1.90. The van der Waals surface area contributed by atoms with Gasteiger partial charge in [-0.15, -0.1) is 0 Å². The van der Waals surface area contributed by atoms with Crippen molar-refractivity contribution in [2.75, 3.05) is 7.11 Å². The summed E-state index contributed by atoms with van der Waals surface area (Å²) in [6.45, 7) is 2.04. The fourth-order valence-electron chi connectivity index (χ4n) is 2.77. The van der Waals surface area contributed by atoms with Gasteiger partial charge in [0.25, 0.3) is 0 Å². The smallest absolute Gasteiger partial charge is 0.125 e. The van der Waals surface area contributed by atoms with Gasteiger partial charge in [0.15, 0.2) is 0 Å². The van der Waals surface area contributed by atoms with Crippen molar-refractivity contribution in [3.63, 3.8) is 0 Å². The van der Waals surface area contributed by atoms with E-state index in [1.54, 1.807) is 13.3 Å². The third-order valence-corrected chi connectivity index (χ3v) is 3.90. The van der Waals surface area contributed by atoms with Crippen molar-refractivity contribution < 1.29 is 14.6 Å². The monoisotopic (exact) mass is 288 g/mol. The molecule has 112 valence electrons. The molecule has 0 saturated carbocycles. The van der Waals surface area contributed by atoms with Gasteiger partial charge in [0.05, 0.1) is 13.2 Å². The first-order chi connectivity index (χ1) is 10.1. The molecule has 21 heavy (non-hydrogen) atoms. The second-order valence-electron chi connectivity index (χ2n) is 5.51. The molecule has 1 aromatic carbocycles. The highest BCUT2D eigenvalue weighted by Gasteiger charge is 2.24. The van der Waals surface area contributed by atoms with Gasteiger partial charge in [0.2, 0.25) is 0 Å². The summed E-state index contributed by atoms with van der Waals surface area (Å²) in [4.78, 5) is 4.25. The molecule has 2 heterocycles. The van der Waals surface area contributed by atoms with Crippen LogP contribution in [0.1, 0.15) is 30.0 Å². The summed E-state index contributed by atoms with van der Waals surface area (Å²) < 4.78 is 13.1. The zero-order valence-corrected chi connectivity index (χ0v) is 12.5. The number of aromatic nitrogens is 2. The lowest BCUT2D eigenvalue weighted by atomic mass is 10.0. The summed E-state index contributed by atoms with van der Waals surface area (Å²) in [5.41, 5.74) is 1.88. The van der Waals surface area contributed by atoms with Crippen LogP contribution in [0.5, 0.6) is 11.5 Å². The van der Waals surface area contributed by atoms with Gasteiger partial charge in [0, 0.05) is 43.4 Å². The van der Waals surface area contributed by atoms with E-state index in [2.05, 4.69) is 4.98 Å². The number of ether oxygens (including phenoxy) is 2. The highest BCUT2D eigenvalue weighted by atomic mass is 16.5. The third kappa shape index (κ3) is 2.61. The zero-order valence-electron chi connectivity index (χ0n) is 12.5. The molecule has 5 heteroatoms. The molecule has 5 nitrogen and oxygen atoms in total. The highest BCUT2D eigenvalue weighted by Crippen LogP contribution is 2.38. The van der Waals surface area contributed by atoms with Gasteiger partial charge in [-0.25, -0.2) is 4.98 Å². The predicted molar refractivity (Wildman–Crippen MR) is 78.7 cm³/mol. The molecule has 0 bridgehead atoms. The second-order valence-corrected chi connectivity index (χ2v) is 5.51. The Labute approximate surface area is 124 Å². The highest BCUT2D eigenvalue weighted by molar-refractivity contribution is 5.49. The van der Waals surface area contributed by atoms with E-state index in [4.69, 9.17) is 9.47 Å². The summed E-state index contributed by atoms with van der Waals surface area (Å²) in [6.07, 6.45) is 4.41. The molecule has 2 aromatic rings. The SMILES string of the molecule is COc1cc2c(cc1C(O)Cc1nccn1C)OC(C)C2. The first-order valence-electron chi connectivity index (χ1n) is 7.10. The van der Waals surface area contributed by atoms with E-state index in [9.17, 15) is 5.11 Å². The van der Waals surface area contributed by atoms with E-state index in [-0.39, 0.29) is 6.10 Å². The standard InChI is InChI=1S/C16H20N2O3/c1-10-6-11-7-15(20-3)12(8-14(11)21-10)13(19)9-16-17-4-5-18(16)2/h4-5,7-8,10,13,19H,6,9H2,1-3H3. The van der Waals surface area contributed by atoms with Crippen LogP contribution in [0.3, 0.4) is 0 Å². The summed E-state index contributed by atoms with van der Waals surface area (Å²) in [7, 11) is 3.54. The maximum atomic E-state index is 10.5. The van der Waals surface area contributed by atoms with Gasteiger partial charge in [-0.05, 0) is 19.1 Å². The van der Waals surface area contributed by atoms with Crippen LogP contribution < -0.4 is 9.47 Å². The fraction of sp³-hybridized carbons (Fsp3) is 0.438. The summed E-state index contributed by atoms with van der Waals surface area (Å²) in [6, 6.07) is 3.86. The van der Waals surface area contributed by atoms with Crippen LogP contribution in [0.25, 0.3) is 0 Å². The number of nitrogens with zero attached hydrogens (tertiary/aromatic N) is 2. The molecular weight excluding hydrogens is 268 g/mol. The number of aliphatic hydroxyl groups is 1. The average Bonchev–Trinajstić information content (AvgIpc) is 3.01. The van der Waals surface area contributed by atoms with Crippen LogP contribution in [-0.2, 0) is 19.9 Å². The Morgan fingerprint density at radius 1 is 1.52 bits per heavy atom. The summed E-state index contributed by atoms with van der Waals surface area (Å²) in [5.74, 6) is 2.38. The average molecular weight is 288 g/mol. The Morgan fingerprint density at radius 2 is 2.33 bits per heavy atom. The second kappa shape index (κ2) is 5.41. The lowest BCUT2D eigenvalue weighted by Gasteiger charge is -2.16. The van der Waals surface area contributed by atoms with Crippen molar-refractivity contribution >= 4 is 0 Å². The first-order valence-corrected chi connectivity index (χ1v) is 7.10. The molecular formula is C16H20N2O3. The predicted octanol–water partition coefficient (Wildman–Crippen LogP) is 2.03. The minimum Gasteiger partial charge on any atom is -0.496 e. The van der Waals surface area contributed by atoms with Crippen molar-refractivity contribution in [3.8, 4) is 11.5 Å². The van der Waals surface area contributed by atoms with Crippen LogP contribution in [0, 0.1) is 0 Å². The number of imidazole rings is 1. The van der Waals surface area contributed by atoms with Gasteiger partial charge in [-0.2, -0.15) is 0 Å². The third-order valence-electron chi connectivity index (χ3n) is 3.90. The number of aryl methyl sites for hydroxylation is 1. The molecule has 2 atom stereocenters. The lowest BCUT2D eigenvalue weighted by molar-refractivity contribution is 0.169. The summed E-state index contributed by atoms with van der Waals surface area (Å²) in [5, 5.41) is 10.5. The van der Waals surface area contributed by atoms with Crippen molar-refractivity contribution in [3.05, 3.63) is 41.5 Å². The molecule has 0 amide bonds. The molecule has 3 rings (SSSR count). The number of aliphatic hydroxyl groups excluding tert-OH is 1. The van der Waals surface area contributed by atoms with Crippen LogP contribution in [0.15, 0.2) is 24.5 Å². The van der Waals surface area contributed by atoms with Crippen molar-refractivity contribution in [1.82, 2.24) is 9.55 Å². The number of fused-ring (bicyclic) bond motifs is 1. The largest absolute Gasteiger partial charge is 0.496 e. The normalized spacial score (nSPS) is 18.2. The zero-order chi connectivity index (χ0) is 15.0. The Hall–Kier alpha value is -2.01. The molecule has 0 radical (unpaired) electrons. The van der Waals surface area contributed by atoms with E-state index in [1.807, 2.05) is 36.9 Å². The maximum Gasteiger partial charge on any atom is 0.125 e. The van der Waals surface area contributed by atoms with E-state index in [0.29, 0.717) is 12.2 Å². The number of rotatable bonds is 4. The van der Waals surface area contributed by atoms with Crippen LogP contribution in [0.2, 0.25) is 0 Å². The Bertz CT molecular complexity index is 651. The Kier molecular flexibility index (Phi) is 3.59. The van der Waals surface area contributed by atoms with Gasteiger partial charge in [-0.1, -0.05) is 0 Å². The van der Waals surface area contributed by atoms with Gasteiger partial charge in [-0.3, -0.25) is 0 Å². The minimum absolute atomic E-state index is 0.173. The van der Waals surface area contributed by atoms with Gasteiger partial charge >= 0.3 is 0 Å². The molecule has 0 saturated heterocycles. The number of methoxy groups -OCH3 is 1. The lowest BCUT2D eigenvalue weighted by Crippen LogP contribution is -2.08. The molecule has 2 unspecified atom stereocenters. The molecule has 1 aliphatic heterocycles. The number of benzene rings is 1. The van der Waals surface area contributed by atoms with Crippen LogP contribution >= 0.6 is 0 Å². The van der Waals surface area contributed by atoms with Crippen molar-refractivity contribution in [1.29, 1.82) is 0 Å².